The normalized spacial score (nSPS) is 20.5. The minimum atomic E-state index is 0.219. The Hall–Kier alpha value is -0.860. The standard InChI is InChI=1S/C18H26ClNO/c1-14(2)15-4-3-11-20(12-9-15)13-10-18(21)16-5-7-17(19)8-6-16/h5-8,14-15H,3-4,9-13H2,1-2H3. The molecule has 1 unspecified atom stereocenters. The van der Waals surface area contributed by atoms with Crippen molar-refractivity contribution in [3.8, 4) is 0 Å². The van der Waals surface area contributed by atoms with Gasteiger partial charge in [0.25, 0.3) is 0 Å². The van der Waals surface area contributed by atoms with Crippen molar-refractivity contribution in [2.24, 2.45) is 11.8 Å². The van der Waals surface area contributed by atoms with E-state index in [2.05, 4.69) is 18.7 Å². The van der Waals surface area contributed by atoms with Crippen LogP contribution in [0.2, 0.25) is 5.02 Å². The fourth-order valence-electron chi connectivity index (χ4n) is 3.11. The summed E-state index contributed by atoms with van der Waals surface area (Å²) < 4.78 is 0. The molecule has 0 aliphatic carbocycles. The highest BCUT2D eigenvalue weighted by Crippen LogP contribution is 2.24. The summed E-state index contributed by atoms with van der Waals surface area (Å²) in [6, 6.07) is 7.21. The van der Waals surface area contributed by atoms with Crippen molar-refractivity contribution in [3.05, 3.63) is 34.9 Å². The van der Waals surface area contributed by atoms with E-state index in [-0.39, 0.29) is 5.78 Å². The molecule has 2 nitrogen and oxygen atoms in total. The maximum atomic E-state index is 12.2. The number of rotatable bonds is 5. The Balaban J connectivity index is 1.80. The van der Waals surface area contributed by atoms with E-state index < -0.39 is 0 Å². The average Bonchev–Trinajstić information content (AvgIpc) is 2.71. The second kappa shape index (κ2) is 7.95. The van der Waals surface area contributed by atoms with Crippen LogP contribution in [0, 0.1) is 11.8 Å². The summed E-state index contributed by atoms with van der Waals surface area (Å²) in [6.07, 6.45) is 4.47. The first-order chi connectivity index (χ1) is 10.1. The van der Waals surface area contributed by atoms with Gasteiger partial charge in [-0.2, -0.15) is 0 Å². The Morgan fingerprint density at radius 1 is 1.24 bits per heavy atom. The summed E-state index contributed by atoms with van der Waals surface area (Å²) in [5.74, 6) is 1.85. The van der Waals surface area contributed by atoms with Gasteiger partial charge in [-0.05, 0) is 68.5 Å². The van der Waals surface area contributed by atoms with Crippen LogP contribution in [0.1, 0.15) is 49.9 Å². The van der Waals surface area contributed by atoms with Crippen LogP contribution in [0.25, 0.3) is 0 Å². The molecule has 0 bridgehead atoms. The molecule has 1 aliphatic heterocycles. The van der Waals surface area contributed by atoms with Crippen LogP contribution >= 0.6 is 11.6 Å². The molecule has 1 fully saturated rings. The van der Waals surface area contributed by atoms with Gasteiger partial charge in [-0.3, -0.25) is 4.79 Å². The quantitative estimate of drug-likeness (QED) is 0.737. The number of likely N-dealkylation sites (tertiary alicyclic amines) is 1. The number of carbonyl (C=O) groups excluding carboxylic acids is 1. The number of benzene rings is 1. The van der Waals surface area contributed by atoms with Crippen molar-refractivity contribution in [2.75, 3.05) is 19.6 Å². The Morgan fingerprint density at radius 2 is 1.95 bits per heavy atom. The van der Waals surface area contributed by atoms with Gasteiger partial charge in [0.1, 0.15) is 0 Å². The van der Waals surface area contributed by atoms with Crippen molar-refractivity contribution in [3.63, 3.8) is 0 Å². The molecule has 3 heteroatoms. The van der Waals surface area contributed by atoms with Crippen LogP contribution in [0.4, 0.5) is 0 Å². The maximum Gasteiger partial charge on any atom is 0.164 e. The summed E-state index contributed by atoms with van der Waals surface area (Å²) in [7, 11) is 0. The lowest BCUT2D eigenvalue weighted by atomic mass is 9.89. The molecule has 0 amide bonds. The molecule has 0 radical (unpaired) electrons. The van der Waals surface area contributed by atoms with Crippen LogP contribution < -0.4 is 0 Å². The molecule has 1 atom stereocenters. The molecule has 0 aromatic heterocycles. The highest BCUT2D eigenvalue weighted by Gasteiger charge is 2.19. The van der Waals surface area contributed by atoms with Crippen LogP contribution in [0.5, 0.6) is 0 Å². The number of nitrogens with zero attached hydrogens (tertiary/aromatic N) is 1. The lowest BCUT2D eigenvalue weighted by molar-refractivity contribution is 0.0964. The van der Waals surface area contributed by atoms with Gasteiger partial charge in [0.15, 0.2) is 5.78 Å². The SMILES string of the molecule is CC(C)C1CCCN(CCC(=O)c2ccc(Cl)cc2)CC1. The highest BCUT2D eigenvalue weighted by molar-refractivity contribution is 6.30. The molecular formula is C18H26ClNO. The molecule has 1 heterocycles. The monoisotopic (exact) mass is 307 g/mol. The number of hydrogen-bond acceptors (Lipinski definition) is 2. The average molecular weight is 308 g/mol. The molecule has 1 aromatic rings. The van der Waals surface area contributed by atoms with Crippen LogP contribution in [0.3, 0.4) is 0 Å². The van der Waals surface area contributed by atoms with Gasteiger partial charge in [0.05, 0.1) is 0 Å². The Bertz CT molecular complexity index is 455. The Labute approximate surface area is 133 Å². The molecule has 2 rings (SSSR count). The van der Waals surface area contributed by atoms with Crippen LogP contribution in [-0.4, -0.2) is 30.3 Å². The third kappa shape index (κ3) is 5.12. The number of ketones is 1. The van der Waals surface area contributed by atoms with E-state index in [9.17, 15) is 4.79 Å². The van der Waals surface area contributed by atoms with E-state index in [1.165, 1.54) is 19.3 Å². The van der Waals surface area contributed by atoms with E-state index in [0.717, 1.165) is 37.0 Å². The maximum absolute atomic E-state index is 12.2. The van der Waals surface area contributed by atoms with Gasteiger partial charge in [0.2, 0.25) is 0 Å². The van der Waals surface area contributed by atoms with Crippen molar-refractivity contribution in [2.45, 2.75) is 39.5 Å². The first kappa shape index (κ1) is 16.5. The Kier molecular flexibility index (Phi) is 6.25. The summed E-state index contributed by atoms with van der Waals surface area (Å²) in [5, 5.41) is 0.679. The molecule has 0 saturated carbocycles. The second-order valence-electron chi connectivity index (χ2n) is 6.46. The van der Waals surface area contributed by atoms with Gasteiger partial charge in [-0.25, -0.2) is 0 Å². The molecule has 116 valence electrons. The minimum Gasteiger partial charge on any atom is -0.303 e. The van der Waals surface area contributed by atoms with Crippen molar-refractivity contribution < 1.29 is 4.79 Å². The smallest absolute Gasteiger partial charge is 0.164 e. The van der Waals surface area contributed by atoms with Crippen LogP contribution in [-0.2, 0) is 0 Å². The third-order valence-corrected chi connectivity index (χ3v) is 4.88. The molecular weight excluding hydrogens is 282 g/mol. The topological polar surface area (TPSA) is 20.3 Å². The number of carbonyl (C=O) groups is 1. The fraction of sp³-hybridized carbons (Fsp3) is 0.611. The Morgan fingerprint density at radius 3 is 2.62 bits per heavy atom. The second-order valence-corrected chi connectivity index (χ2v) is 6.89. The van der Waals surface area contributed by atoms with Gasteiger partial charge in [-0.1, -0.05) is 25.4 Å². The molecule has 0 spiro atoms. The lowest BCUT2D eigenvalue weighted by Crippen LogP contribution is -2.27. The van der Waals surface area contributed by atoms with Crippen molar-refractivity contribution >= 4 is 17.4 Å². The summed E-state index contributed by atoms with van der Waals surface area (Å²) in [4.78, 5) is 14.6. The van der Waals surface area contributed by atoms with E-state index in [4.69, 9.17) is 11.6 Å². The van der Waals surface area contributed by atoms with Crippen molar-refractivity contribution in [1.82, 2.24) is 4.90 Å². The molecule has 1 aromatic carbocycles. The zero-order valence-electron chi connectivity index (χ0n) is 13.1. The molecule has 1 aliphatic rings. The minimum absolute atomic E-state index is 0.219. The van der Waals surface area contributed by atoms with E-state index in [1.807, 2.05) is 12.1 Å². The predicted molar refractivity (Wildman–Crippen MR) is 89.0 cm³/mol. The molecule has 0 N–H and O–H groups in total. The fourth-order valence-corrected chi connectivity index (χ4v) is 3.24. The summed E-state index contributed by atoms with van der Waals surface area (Å²) >= 11 is 5.85. The summed E-state index contributed by atoms with van der Waals surface area (Å²) in [5.41, 5.74) is 0.772. The van der Waals surface area contributed by atoms with Crippen molar-refractivity contribution in [1.29, 1.82) is 0 Å². The van der Waals surface area contributed by atoms with Gasteiger partial charge < -0.3 is 4.90 Å². The highest BCUT2D eigenvalue weighted by atomic mass is 35.5. The predicted octanol–water partition coefficient (Wildman–Crippen LogP) is 4.67. The number of halogens is 1. The van der Waals surface area contributed by atoms with Crippen LogP contribution in [0.15, 0.2) is 24.3 Å². The summed E-state index contributed by atoms with van der Waals surface area (Å²) in [6.45, 7) is 7.80. The number of Topliss-reactive ketones (excluding diaryl/α,β-unsaturated/α-hetero) is 1. The molecule has 1 saturated heterocycles. The van der Waals surface area contributed by atoms with Gasteiger partial charge >= 0.3 is 0 Å². The third-order valence-electron chi connectivity index (χ3n) is 4.63. The van der Waals surface area contributed by atoms with Gasteiger partial charge in [-0.15, -0.1) is 0 Å². The zero-order chi connectivity index (χ0) is 15.2. The first-order valence-corrected chi connectivity index (χ1v) is 8.45. The zero-order valence-corrected chi connectivity index (χ0v) is 13.9. The number of hydrogen-bond donors (Lipinski definition) is 0. The van der Waals surface area contributed by atoms with E-state index >= 15 is 0 Å². The van der Waals surface area contributed by atoms with E-state index in [0.29, 0.717) is 11.4 Å². The lowest BCUT2D eigenvalue weighted by Gasteiger charge is -2.21. The molecule has 21 heavy (non-hydrogen) atoms. The van der Waals surface area contributed by atoms with Gasteiger partial charge in [0, 0.05) is 23.6 Å². The largest absolute Gasteiger partial charge is 0.303 e. The first-order valence-electron chi connectivity index (χ1n) is 8.07. The van der Waals surface area contributed by atoms with E-state index in [1.54, 1.807) is 12.1 Å².